The fourth-order valence-electron chi connectivity index (χ4n) is 4.69. The first-order valence-electron chi connectivity index (χ1n) is 13.3. The van der Waals surface area contributed by atoms with Crippen LogP contribution in [0.3, 0.4) is 0 Å². The number of rotatable bonds is 8. The van der Waals surface area contributed by atoms with Crippen molar-refractivity contribution in [3.63, 3.8) is 0 Å². The van der Waals surface area contributed by atoms with Crippen LogP contribution in [0.25, 0.3) is 5.57 Å². The summed E-state index contributed by atoms with van der Waals surface area (Å²) in [4.78, 5) is 35.6. The summed E-state index contributed by atoms with van der Waals surface area (Å²) in [5, 5.41) is 12.4. The highest BCUT2D eigenvalue weighted by Gasteiger charge is 2.37. The van der Waals surface area contributed by atoms with E-state index in [4.69, 9.17) is 26.1 Å². The lowest BCUT2D eigenvalue weighted by Crippen LogP contribution is -2.41. The molecule has 2 N–H and O–H groups in total. The maximum absolute atomic E-state index is 14.1. The van der Waals surface area contributed by atoms with Crippen LogP contribution in [0.4, 0.5) is 22.8 Å². The summed E-state index contributed by atoms with van der Waals surface area (Å²) in [7, 11) is 0. The molecule has 0 saturated carbocycles. The van der Waals surface area contributed by atoms with Crippen LogP contribution in [-0.4, -0.2) is 81.2 Å². The molecular weight excluding hydrogens is 611 g/mol. The molecule has 1 aliphatic carbocycles. The fraction of sp³-hybridized carbons (Fsp3) is 0.444. The molecule has 2 aliphatic heterocycles. The third-order valence-electron chi connectivity index (χ3n) is 6.48. The van der Waals surface area contributed by atoms with Gasteiger partial charge in [0.15, 0.2) is 10.8 Å². The molecule has 11 nitrogen and oxygen atoms in total. The van der Waals surface area contributed by atoms with Gasteiger partial charge in [-0.15, -0.1) is 11.3 Å². The number of aromatic nitrogens is 3. The third-order valence-corrected chi connectivity index (χ3v) is 7.64. The Morgan fingerprint density at radius 2 is 2.16 bits per heavy atom. The van der Waals surface area contributed by atoms with E-state index in [0.717, 1.165) is 6.20 Å². The highest BCUT2D eigenvalue weighted by Crippen LogP contribution is 2.38. The summed E-state index contributed by atoms with van der Waals surface area (Å²) in [6.45, 7) is 2.38. The van der Waals surface area contributed by atoms with Crippen LogP contribution in [0, 0.1) is 0 Å². The van der Waals surface area contributed by atoms with Crippen LogP contribution in [0.15, 0.2) is 57.3 Å². The molecule has 0 spiro atoms. The third kappa shape index (κ3) is 7.21. The van der Waals surface area contributed by atoms with Crippen molar-refractivity contribution in [2.45, 2.75) is 57.7 Å². The number of hydrogen-bond donors (Lipinski definition) is 2. The summed E-state index contributed by atoms with van der Waals surface area (Å²) in [5.74, 6) is 0.357. The Hall–Kier alpha value is -3.85. The smallest absolute Gasteiger partial charge is 0.410 e. The van der Waals surface area contributed by atoms with Gasteiger partial charge in [0.25, 0.3) is 0 Å². The number of halogens is 4. The molecule has 0 bridgehead atoms. The molecule has 0 radical (unpaired) electrons. The Morgan fingerprint density at radius 3 is 2.81 bits per heavy atom. The van der Waals surface area contributed by atoms with Crippen molar-refractivity contribution in [2.24, 2.45) is 4.99 Å². The van der Waals surface area contributed by atoms with Gasteiger partial charge in [-0.05, 0) is 38.5 Å². The average molecular weight is 640 g/mol. The number of carbonyl (C=O) groups is 2. The SMILES string of the molecule is CC(C)(C)OC(=O)NC[C@@H]1CN(CC2=C(c3ccn(C(F)F)n3)[C@H](C3=C(Cl)CC(F)C=C3)N=C(c3nccs3)N2)C(=O)O1. The number of aliphatic imine (C=N–C) groups is 1. The number of hydrogen-bond acceptors (Lipinski definition) is 9. The zero-order valence-electron chi connectivity index (χ0n) is 23.4. The van der Waals surface area contributed by atoms with E-state index in [1.54, 1.807) is 32.3 Å². The largest absolute Gasteiger partial charge is 0.444 e. The average Bonchev–Trinajstić information content (AvgIpc) is 3.68. The van der Waals surface area contributed by atoms with E-state index in [1.165, 1.54) is 34.5 Å². The van der Waals surface area contributed by atoms with Gasteiger partial charge < -0.3 is 20.1 Å². The number of nitrogens with one attached hydrogen (secondary N) is 2. The number of alkyl carbamates (subject to hydrolysis) is 1. The van der Waals surface area contributed by atoms with E-state index in [9.17, 15) is 22.8 Å². The Labute approximate surface area is 254 Å². The molecule has 16 heteroatoms. The lowest BCUT2D eigenvalue weighted by molar-refractivity contribution is 0.0496. The molecule has 1 fully saturated rings. The Kier molecular flexibility index (Phi) is 8.83. The zero-order valence-corrected chi connectivity index (χ0v) is 25.0. The molecule has 43 heavy (non-hydrogen) atoms. The molecule has 2 amide bonds. The van der Waals surface area contributed by atoms with Crippen molar-refractivity contribution in [3.8, 4) is 0 Å². The van der Waals surface area contributed by atoms with Crippen molar-refractivity contribution < 1.29 is 32.2 Å². The number of amidine groups is 1. The first-order chi connectivity index (χ1) is 20.4. The Morgan fingerprint density at radius 1 is 1.37 bits per heavy atom. The molecule has 3 atom stereocenters. The van der Waals surface area contributed by atoms with E-state index in [1.807, 2.05) is 0 Å². The quantitative estimate of drug-likeness (QED) is 0.417. The van der Waals surface area contributed by atoms with E-state index in [2.05, 4.69) is 20.7 Å². The van der Waals surface area contributed by atoms with Crippen molar-refractivity contribution in [3.05, 3.63) is 63.0 Å². The van der Waals surface area contributed by atoms with Gasteiger partial charge in [0, 0.05) is 40.5 Å². The topological polar surface area (TPSA) is 123 Å². The van der Waals surface area contributed by atoms with E-state index < -0.39 is 42.7 Å². The van der Waals surface area contributed by atoms with Crippen molar-refractivity contribution in [1.82, 2.24) is 30.3 Å². The normalized spacial score (nSPS) is 22.6. The number of amides is 2. The maximum Gasteiger partial charge on any atom is 0.410 e. The van der Waals surface area contributed by atoms with Gasteiger partial charge in [0.05, 0.1) is 25.3 Å². The molecule has 5 rings (SSSR count). The van der Waals surface area contributed by atoms with E-state index in [-0.39, 0.29) is 36.8 Å². The predicted molar refractivity (Wildman–Crippen MR) is 154 cm³/mol. The predicted octanol–water partition coefficient (Wildman–Crippen LogP) is 5.00. The monoisotopic (exact) mass is 639 g/mol. The number of nitrogens with zero attached hydrogens (tertiary/aromatic N) is 5. The van der Waals surface area contributed by atoms with Crippen molar-refractivity contribution >= 4 is 46.5 Å². The second-order valence-corrected chi connectivity index (χ2v) is 12.3. The lowest BCUT2D eigenvalue weighted by atomic mass is 9.89. The summed E-state index contributed by atoms with van der Waals surface area (Å²) in [5.41, 5.74) is 0.722. The van der Waals surface area contributed by atoms with Gasteiger partial charge in [0.1, 0.15) is 23.9 Å². The minimum Gasteiger partial charge on any atom is -0.444 e. The van der Waals surface area contributed by atoms with Crippen molar-refractivity contribution in [2.75, 3.05) is 19.6 Å². The molecule has 3 aliphatic rings. The number of alkyl halides is 3. The molecule has 1 unspecified atom stereocenters. The molecule has 2 aromatic heterocycles. The minimum absolute atomic E-state index is 0.0153. The zero-order chi connectivity index (χ0) is 30.9. The van der Waals surface area contributed by atoms with E-state index in [0.29, 0.717) is 32.4 Å². The van der Waals surface area contributed by atoms with Crippen LogP contribution in [-0.2, 0) is 9.47 Å². The number of carbonyl (C=O) groups excluding carboxylic acids is 2. The van der Waals surface area contributed by atoms with Crippen LogP contribution >= 0.6 is 22.9 Å². The Bertz CT molecular complexity index is 1500. The second kappa shape index (κ2) is 12.4. The molecular formula is C27H29ClF3N7O4S. The second-order valence-electron chi connectivity index (χ2n) is 10.9. The number of ether oxygens (including phenoxy) is 2. The van der Waals surface area contributed by atoms with Crippen LogP contribution < -0.4 is 10.6 Å². The lowest BCUT2D eigenvalue weighted by Gasteiger charge is -2.31. The summed E-state index contributed by atoms with van der Waals surface area (Å²) in [6, 6.07) is 0.533. The summed E-state index contributed by atoms with van der Waals surface area (Å²) >= 11 is 7.85. The molecule has 230 valence electrons. The molecule has 2 aromatic rings. The van der Waals surface area contributed by atoms with Crippen LogP contribution in [0.5, 0.6) is 0 Å². The van der Waals surface area contributed by atoms with Crippen molar-refractivity contribution in [1.29, 1.82) is 0 Å². The minimum atomic E-state index is -2.89. The van der Waals surface area contributed by atoms with Gasteiger partial charge in [-0.2, -0.15) is 13.9 Å². The Balaban J connectivity index is 1.48. The van der Waals surface area contributed by atoms with Crippen LogP contribution in [0.1, 0.15) is 44.4 Å². The van der Waals surface area contributed by atoms with Gasteiger partial charge in [-0.3, -0.25) is 9.89 Å². The fourth-order valence-corrected chi connectivity index (χ4v) is 5.59. The van der Waals surface area contributed by atoms with Crippen LogP contribution in [0.2, 0.25) is 0 Å². The highest BCUT2D eigenvalue weighted by atomic mass is 35.5. The number of thiazole rings is 1. The first kappa shape index (κ1) is 30.6. The standard InChI is InChI=1S/C27H29ClF3N7O4S/c1-27(2,3)42-25(39)33-11-15-12-37(26(40)41-15)13-19-20(18-6-8-38(36-18)24(30)31)21(16-5-4-14(29)10-17(16)28)35-22(34-19)23-32-7-9-43-23/h4-9,14-15,21,24H,10-13H2,1-3H3,(H,33,39)(H,34,35)/t14?,15-,21+/m1/s1. The van der Waals surface area contributed by atoms with Gasteiger partial charge in [-0.1, -0.05) is 17.7 Å². The summed E-state index contributed by atoms with van der Waals surface area (Å²) < 4.78 is 52.4. The maximum atomic E-state index is 14.1. The summed E-state index contributed by atoms with van der Waals surface area (Å²) in [6.07, 6.45) is 2.30. The first-order valence-corrected chi connectivity index (χ1v) is 14.6. The van der Waals surface area contributed by atoms with Gasteiger partial charge in [0.2, 0.25) is 0 Å². The molecule has 1 saturated heterocycles. The number of cyclic esters (lactones) is 1. The van der Waals surface area contributed by atoms with E-state index >= 15 is 0 Å². The number of allylic oxidation sites excluding steroid dienone is 2. The van der Waals surface area contributed by atoms with Gasteiger partial charge in [-0.25, -0.2) is 23.6 Å². The van der Waals surface area contributed by atoms with Gasteiger partial charge >= 0.3 is 18.7 Å². The molecule has 4 heterocycles. The highest BCUT2D eigenvalue weighted by molar-refractivity contribution is 7.11. The molecule has 0 aromatic carbocycles.